The van der Waals surface area contributed by atoms with Crippen LogP contribution in [0, 0.1) is 0 Å². The van der Waals surface area contributed by atoms with Crippen molar-refractivity contribution in [3.63, 3.8) is 0 Å². The zero-order chi connectivity index (χ0) is 19.4. The molecule has 0 aliphatic rings. The van der Waals surface area contributed by atoms with Crippen LogP contribution in [0.3, 0.4) is 0 Å². The average molecular weight is 457 g/mol. The van der Waals surface area contributed by atoms with Crippen molar-refractivity contribution in [3.05, 3.63) is 75.4 Å². The van der Waals surface area contributed by atoms with Crippen molar-refractivity contribution < 1.29 is 18.3 Å². The molecule has 140 valence electrons. The minimum absolute atomic E-state index is 0.0367. The Labute approximate surface area is 167 Å². The number of ether oxygens (including phenoxy) is 1. The molecule has 0 saturated carbocycles. The van der Waals surface area contributed by atoms with Crippen molar-refractivity contribution in [2.75, 3.05) is 5.32 Å². The van der Waals surface area contributed by atoms with Crippen LogP contribution in [0.2, 0.25) is 5.02 Å². The monoisotopic (exact) mass is 455 g/mol. The fourth-order valence-corrected chi connectivity index (χ4v) is 2.94. The van der Waals surface area contributed by atoms with Crippen molar-refractivity contribution in [2.45, 2.75) is 13.2 Å². The first-order valence-electron chi connectivity index (χ1n) is 7.75. The van der Waals surface area contributed by atoms with E-state index in [0.717, 1.165) is 5.56 Å². The number of aromatic nitrogens is 2. The molecule has 3 rings (SSSR count). The van der Waals surface area contributed by atoms with E-state index in [-0.39, 0.29) is 17.1 Å². The van der Waals surface area contributed by atoms with Crippen molar-refractivity contribution >= 4 is 39.3 Å². The Kier molecular flexibility index (Phi) is 6.08. The lowest BCUT2D eigenvalue weighted by Crippen LogP contribution is -2.15. The zero-order valence-corrected chi connectivity index (χ0v) is 16.0. The molecule has 0 unspecified atom stereocenters. The highest BCUT2D eigenvalue weighted by Crippen LogP contribution is 2.25. The molecule has 27 heavy (non-hydrogen) atoms. The van der Waals surface area contributed by atoms with Gasteiger partial charge >= 0.3 is 6.61 Å². The van der Waals surface area contributed by atoms with Gasteiger partial charge < -0.3 is 10.1 Å². The summed E-state index contributed by atoms with van der Waals surface area (Å²) in [6.07, 6.45) is 1.68. The zero-order valence-electron chi connectivity index (χ0n) is 13.7. The van der Waals surface area contributed by atoms with Crippen molar-refractivity contribution in [2.24, 2.45) is 0 Å². The quantitative estimate of drug-likeness (QED) is 0.555. The van der Waals surface area contributed by atoms with Crippen LogP contribution in [0.4, 0.5) is 14.6 Å². The van der Waals surface area contributed by atoms with E-state index in [9.17, 15) is 13.6 Å². The summed E-state index contributed by atoms with van der Waals surface area (Å²) in [5, 5.41) is 7.43. The van der Waals surface area contributed by atoms with Crippen LogP contribution >= 0.6 is 27.5 Å². The van der Waals surface area contributed by atoms with Gasteiger partial charge in [-0.05, 0) is 29.8 Å². The van der Waals surface area contributed by atoms with Crippen LogP contribution in [-0.4, -0.2) is 22.3 Å². The number of anilines is 1. The Morgan fingerprint density at radius 1 is 1.26 bits per heavy atom. The fourth-order valence-electron chi connectivity index (χ4n) is 2.38. The molecular weight excluding hydrogens is 444 g/mol. The van der Waals surface area contributed by atoms with Crippen LogP contribution in [-0.2, 0) is 6.54 Å². The summed E-state index contributed by atoms with van der Waals surface area (Å²) in [6, 6.07) is 13.1. The lowest BCUT2D eigenvalue weighted by molar-refractivity contribution is -0.0501. The summed E-state index contributed by atoms with van der Waals surface area (Å²) in [5.41, 5.74) is 0.838. The predicted octanol–water partition coefficient (Wildman–Crippen LogP) is 5.20. The van der Waals surface area contributed by atoms with E-state index >= 15 is 0 Å². The molecule has 1 amide bonds. The molecule has 3 aromatic rings. The van der Waals surface area contributed by atoms with Crippen molar-refractivity contribution in [1.82, 2.24) is 9.78 Å². The number of amides is 1. The van der Waals surface area contributed by atoms with E-state index in [1.165, 1.54) is 18.2 Å². The normalized spacial score (nSPS) is 10.9. The summed E-state index contributed by atoms with van der Waals surface area (Å²) >= 11 is 9.34. The molecule has 0 saturated heterocycles. The summed E-state index contributed by atoms with van der Waals surface area (Å²) < 4.78 is 31.6. The Hall–Kier alpha value is -2.45. The second kappa shape index (κ2) is 8.49. The van der Waals surface area contributed by atoms with Gasteiger partial charge in [-0.1, -0.05) is 45.7 Å². The highest BCUT2D eigenvalue weighted by atomic mass is 79.9. The van der Waals surface area contributed by atoms with E-state index < -0.39 is 12.5 Å². The van der Waals surface area contributed by atoms with E-state index in [1.807, 2.05) is 18.2 Å². The summed E-state index contributed by atoms with van der Waals surface area (Å²) in [6.45, 7) is -2.61. The predicted molar refractivity (Wildman–Crippen MR) is 102 cm³/mol. The maximum absolute atomic E-state index is 12.5. The van der Waals surface area contributed by atoms with E-state index in [2.05, 4.69) is 31.1 Å². The fraction of sp³-hybridized carbons (Fsp3) is 0.111. The van der Waals surface area contributed by atoms with Gasteiger partial charge in [-0.2, -0.15) is 13.9 Å². The van der Waals surface area contributed by atoms with Crippen molar-refractivity contribution in [3.8, 4) is 5.75 Å². The summed E-state index contributed by atoms with van der Waals surface area (Å²) in [4.78, 5) is 12.5. The van der Waals surface area contributed by atoms with E-state index in [4.69, 9.17) is 11.6 Å². The Balaban J connectivity index is 1.75. The molecule has 0 aliphatic heterocycles. The number of nitrogens with one attached hydrogen (secondary N) is 1. The molecular formula is C18H13BrClF2N3O2. The second-order valence-electron chi connectivity index (χ2n) is 5.46. The Morgan fingerprint density at radius 2 is 2.04 bits per heavy atom. The second-order valence-corrected chi connectivity index (χ2v) is 6.79. The first-order valence-corrected chi connectivity index (χ1v) is 8.92. The molecule has 0 spiro atoms. The van der Waals surface area contributed by atoms with Gasteiger partial charge in [0.2, 0.25) is 0 Å². The van der Waals surface area contributed by atoms with Crippen LogP contribution in [0.1, 0.15) is 15.9 Å². The number of hydrogen-bond acceptors (Lipinski definition) is 3. The van der Waals surface area contributed by atoms with Gasteiger partial charge in [-0.3, -0.25) is 9.48 Å². The number of hydrogen-bond donors (Lipinski definition) is 1. The number of rotatable bonds is 6. The van der Waals surface area contributed by atoms with Crippen molar-refractivity contribution in [1.29, 1.82) is 0 Å². The molecule has 5 nitrogen and oxygen atoms in total. The molecule has 1 N–H and O–H groups in total. The number of carbonyl (C=O) groups excluding carboxylic acids is 1. The van der Waals surface area contributed by atoms with E-state index in [0.29, 0.717) is 16.0 Å². The molecule has 0 atom stereocenters. The van der Waals surface area contributed by atoms with Crippen LogP contribution in [0.5, 0.6) is 5.75 Å². The van der Waals surface area contributed by atoms with Gasteiger partial charge in [0.1, 0.15) is 5.75 Å². The van der Waals surface area contributed by atoms with E-state index in [1.54, 1.807) is 23.0 Å². The highest BCUT2D eigenvalue weighted by Gasteiger charge is 2.17. The smallest absolute Gasteiger partial charge is 0.387 e. The first kappa shape index (κ1) is 19.3. The molecule has 0 radical (unpaired) electrons. The minimum Gasteiger partial charge on any atom is -0.434 e. The van der Waals surface area contributed by atoms with Crippen LogP contribution in [0.25, 0.3) is 0 Å². The number of alkyl halides is 2. The molecule has 9 heteroatoms. The first-order chi connectivity index (χ1) is 12.9. The lowest BCUT2D eigenvalue weighted by Gasteiger charge is -2.10. The van der Waals surface area contributed by atoms with Gasteiger partial charge in [-0.25, -0.2) is 0 Å². The number of halogens is 4. The summed E-state index contributed by atoms with van der Waals surface area (Å²) in [5.74, 6) is -0.564. The maximum atomic E-state index is 12.5. The van der Waals surface area contributed by atoms with Crippen LogP contribution < -0.4 is 10.1 Å². The van der Waals surface area contributed by atoms with Gasteiger partial charge in [0, 0.05) is 21.8 Å². The SMILES string of the molecule is O=C(Nc1ccn(Cc2ccccc2Cl)n1)c1cc(Br)ccc1OC(F)F. The Morgan fingerprint density at radius 3 is 2.78 bits per heavy atom. The highest BCUT2D eigenvalue weighted by molar-refractivity contribution is 9.10. The maximum Gasteiger partial charge on any atom is 0.387 e. The third-order valence-corrected chi connectivity index (χ3v) is 4.44. The van der Waals surface area contributed by atoms with Gasteiger partial charge in [0.15, 0.2) is 5.82 Å². The van der Waals surface area contributed by atoms with Gasteiger partial charge in [0.25, 0.3) is 5.91 Å². The summed E-state index contributed by atoms with van der Waals surface area (Å²) in [7, 11) is 0. The molecule has 1 heterocycles. The van der Waals surface area contributed by atoms with Crippen LogP contribution in [0.15, 0.2) is 59.2 Å². The average Bonchev–Trinajstić information content (AvgIpc) is 3.05. The minimum atomic E-state index is -3.03. The number of nitrogens with zero attached hydrogens (tertiary/aromatic N) is 2. The standard InChI is InChI=1S/C18H13BrClF2N3O2/c19-12-5-6-15(27-18(21)22)13(9-12)17(26)23-16-7-8-25(24-16)10-11-3-1-2-4-14(11)20/h1-9,18H,10H2,(H,23,24,26). The number of benzene rings is 2. The lowest BCUT2D eigenvalue weighted by atomic mass is 10.2. The molecule has 0 aliphatic carbocycles. The molecule has 0 fully saturated rings. The third-order valence-electron chi connectivity index (χ3n) is 3.57. The molecule has 1 aromatic heterocycles. The number of carbonyl (C=O) groups is 1. The topological polar surface area (TPSA) is 56.2 Å². The largest absolute Gasteiger partial charge is 0.434 e. The third kappa shape index (κ3) is 5.05. The van der Waals surface area contributed by atoms with Gasteiger partial charge in [-0.15, -0.1) is 0 Å². The molecule has 2 aromatic carbocycles. The molecule has 0 bridgehead atoms. The van der Waals surface area contributed by atoms with Gasteiger partial charge in [0.05, 0.1) is 12.1 Å². The Bertz CT molecular complexity index is 965.